The van der Waals surface area contributed by atoms with Crippen molar-refractivity contribution in [3.05, 3.63) is 52.9 Å². The normalized spacial score (nSPS) is 10.7. The van der Waals surface area contributed by atoms with Crippen molar-refractivity contribution in [3.8, 4) is 0 Å². The molecule has 0 radical (unpaired) electrons. The third kappa shape index (κ3) is 3.13. The molecule has 1 heterocycles. The number of anilines is 2. The van der Waals surface area contributed by atoms with Crippen molar-refractivity contribution < 1.29 is 17.6 Å². The van der Waals surface area contributed by atoms with E-state index < -0.39 is 29.2 Å². The predicted octanol–water partition coefficient (Wildman–Crippen LogP) is 3.62. The molecular formula is C15H15F4N3. The maximum atomic E-state index is 13.5. The van der Waals surface area contributed by atoms with Crippen LogP contribution in [0.25, 0.3) is 0 Å². The molecule has 0 saturated heterocycles. The lowest BCUT2D eigenvalue weighted by molar-refractivity contribution is 0.410. The highest BCUT2D eigenvalue weighted by Crippen LogP contribution is 2.24. The minimum atomic E-state index is -1.68. The largest absolute Gasteiger partial charge is 0.378 e. The van der Waals surface area contributed by atoms with Crippen molar-refractivity contribution in [1.29, 1.82) is 0 Å². The van der Waals surface area contributed by atoms with Crippen LogP contribution in [0, 0.1) is 30.5 Å². The van der Waals surface area contributed by atoms with Gasteiger partial charge in [0.05, 0.1) is 0 Å². The first kappa shape index (κ1) is 16.1. The molecule has 0 fully saturated rings. The summed E-state index contributed by atoms with van der Waals surface area (Å²) in [5.74, 6) is -6.44. The lowest BCUT2D eigenvalue weighted by Crippen LogP contribution is -2.11. The van der Waals surface area contributed by atoms with Gasteiger partial charge in [-0.05, 0) is 30.2 Å². The molecule has 0 aliphatic rings. The van der Waals surface area contributed by atoms with Crippen LogP contribution < -0.4 is 10.2 Å². The molecule has 0 unspecified atom stereocenters. The molecule has 2 aromatic rings. The maximum Gasteiger partial charge on any atom is 0.253 e. The second-order valence-electron chi connectivity index (χ2n) is 5.06. The van der Waals surface area contributed by atoms with E-state index in [9.17, 15) is 17.6 Å². The summed E-state index contributed by atoms with van der Waals surface area (Å²) in [5, 5.41) is 2.39. The Kier molecular flexibility index (Phi) is 4.54. The summed E-state index contributed by atoms with van der Waals surface area (Å²) in [6.45, 7) is 1.86. The first-order chi connectivity index (χ1) is 10.3. The van der Waals surface area contributed by atoms with Crippen molar-refractivity contribution in [2.24, 2.45) is 0 Å². The van der Waals surface area contributed by atoms with E-state index in [2.05, 4.69) is 10.3 Å². The molecule has 118 valence electrons. The molecule has 0 aliphatic heterocycles. The maximum absolute atomic E-state index is 13.5. The highest BCUT2D eigenvalue weighted by atomic mass is 19.2. The standard InChI is InChI=1S/C15H15F4N3/c1-8-6-10(22(2)3)5-4-9(8)7-20-13-11(16)14(18)21-15(19)12(13)17/h4-6H,7H2,1-3H3,(H,20,21). The molecule has 0 bridgehead atoms. The fourth-order valence-electron chi connectivity index (χ4n) is 1.98. The third-order valence-electron chi connectivity index (χ3n) is 3.30. The van der Waals surface area contributed by atoms with E-state index in [0.29, 0.717) is 0 Å². The minimum absolute atomic E-state index is 0.0241. The lowest BCUT2D eigenvalue weighted by atomic mass is 10.1. The highest BCUT2D eigenvalue weighted by molar-refractivity contribution is 5.51. The van der Waals surface area contributed by atoms with Crippen LogP contribution in [0.3, 0.4) is 0 Å². The molecule has 1 aromatic carbocycles. The number of nitrogens with zero attached hydrogens (tertiary/aromatic N) is 2. The summed E-state index contributed by atoms with van der Waals surface area (Å²) in [4.78, 5) is 4.42. The molecule has 0 saturated carbocycles. The Morgan fingerprint density at radius 2 is 1.64 bits per heavy atom. The Hall–Kier alpha value is -2.31. The van der Waals surface area contributed by atoms with Crippen LogP contribution >= 0.6 is 0 Å². The fourth-order valence-corrected chi connectivity index (χ4v) is 1.98. The van der Waals surface area contributed by atoms with Crippen molar-refractivity contribution in [3.63, 3.8) is 0 Å². The van der Waals surface area contributed by atoms with Crippen molar-refractivity contribution >= 4 is 11.4 Å². The van der Waals surface area contributed by atoms with Gasteiger partial charge < -0.3 is 10.2 Å². The van der Waals surface area contributed by atoms with Crippen LogP contribution in [0.15, 0.2) is 18.2 Å². The van der Waals surface area contributed by atoms with Crippen LogP contribution in [-0.4, -0.2) is 19.1 Å². The SMILES string of the molecule is Cc1cc(N(C)C)ccc1CNc1c(F)c(F)nc(F)c1F. The summed E-state index contributed by atoms with van der Waals surface area (Å²) in [5.41, 5.74) is 1.75. The zero-order chi connectivity index (χ0) is 16.4. The predicted molar refractivity (Wildman–Crippen MR) is 76.9 cm³/mol. The number of rotatable bonds is 4. The fraction of sp³-hybridized carbons (Fsp3) is 0.267. The highest BCUT2D eigenvalue weighted by Gasteiger charge is 2.20. The zero-order valence-electron chi connectivity index (χ0n) is 12.3. The Bertz CT molecular complexity index is 675. The zero-order valence-corrected chi connectivity index (χ0v) is 12.3. The third-order valence-corrected chi connectivity index (χ3v) is 3.30. The van der Waals surface area contributed by atoms with E-state index in [1.807, 2.05) is 38.1 Å². The van der Waals surface area contributed by atoms with Gasteiger partial charge in [-0.2, -0.15) is 22.5 Å². The number of pyridine rings is 1. The summed E-state index contributed by atoms with van der Waals surface area (Å²) in [6.07, 6.45) is 0. The second-order valence-corrected chi connectivity index (χ2v) is 5.06. The van der Waals surface area contributed by atoms with E-state index in [-0.39, 0.29) is 6.54 Å². The Morgan fingerprint density at radius 3 is 2.14 bits per heavy atom. The summed E-state index contributed by atoms with van der Waals surface area (Å²) in [7, 11) is 3.78. The molecule has 1 N–H and O–H groups in total. The molecular weight excluding hydrogens is 298 g/mol. The van der Waals surface area contributed by atoms with Gasteiger partial charge in [-0.1, -0.05) is 6.07 Å². The van der Waals surface area contributed by atoms with Gasteiger partial charge in [0.2, 0.25) is 11.6 Å². The van der Waals surface area contributed by atoms with Crippen LogP contribution in [0.1, 0.15) is 11.1 Å². The van der Waals surface area contributed by atoms with Gasteiger partial charge in [0.25, 0.3) is 11.9 Å². The molecule has 3 nitrogen and oxygen atoms in total. The van der Waals surface area contributed by atoms with Gasteiger partial charge in [-0.15, -0.1) is 0 Å². The van der Waals surface area contributed by atoms with Gasteiger partial charge >= 0.3 is 0 Å². The smallest absolute Gasteiger partial charge is 0.253 e. The van der Waals surface area contributed by atoms with E-state index in [1.54, 1.807) is 6.07 Å². The second kappa shape index (κ2) is 6.21. The number of hydrogen-bond donors (Lipinski definition) is 1. The average Bonchev–Trinajstić information content (AvgIpc) is 2.46. The van der Waals surface area contributed by atoms with Gasteiger partial charge in [-0.3, -0.25) is 0 Å². The summed E-state index contributed by atoms with van der Waals surface area (Å²) >= 11 is 0. The molecule has 2 rings (SSSR count). The Balaban J connectivity index is 2.24. The van der Waals surface area contributed by atoms with Gasteiger partial charge in [0.1, 0.15) is 5.69 Å². The van der Waals surface area contributed by atoms with E-state index in [4.69, 9.17) is 0 Å². The van der Waals surface area contributed by atoms with Crippen LogP contribution in [0.4, 0.5) is 28.9 Å². The Labute approximate surface area is 125 Å². The van der Waals surface area contributed by atoms with Gasteiger partial charge in [0, 0.05) is 26.3 Å². The Morgan fingerprint density at radius 1 is 1.05 bits per heavy atom. The van der Waals surface area contributed by atoms with Crippen LogP contribution in [0.2, 0.25) is 0 Å². The number of halogens is 4. The number of benzene rings is 1. The first-order valence-corrected chi connectivity index (χ1v) is 6.52. The molecule has 0 atom stereocenters. The molecule has 0 aliphatic carbocycles. The monoisotopic (exact) mass is 313 g/mol. The molecule has 1 aromatic heterocycles. The van der Waals surface area contributed by atoms with Crippen molar-refractivity contribution in [2.75, 3.05) is 24.3 Å². The lowest BCUT2D eigenvalue weighted by Gasteiger charge is -2.16. The van der Waals surface area contributed by atoms with Crippen LogP contribution in [0.5, 0.6) is 0 Å². The van der Waals surface area contributed by atoms with E-state index in [1.165, 1.54) is 0 Å². The number of aryl methyl sites for hydroxylation is 1. The van der Waals surface area contributed by atoms with E-state index >= 15 is 0 Å². The average molecular weight is 313 g/mol. The van der Waals surface area contributed by atoms with E-state index in [0.717, 1.165) is 16.8 Å². The molecule has 0 amide bonds. The molecule has 7 heteroatoms. The topological polar surface area (TPSA) is 28.2 Å². The van der Waals surface area contributed by atoms with Gasteiger partial charge in [-0.25, -0.2) is 0 Å². The summed E-state index contributed by atoms with van der Waals surface area (Å²) < 4.78 is 53.1. The minimum Gasteiger partial charge on any atom is -0.378 e. The molecule has 22 heavy (non-hydrogen) atoms. The first-order valence-electron chi connectivity index (χ1n) is 6.52. The van der Waals surface area contributed by atoms with Crippen molar-refractivity contribution in [2.45, 2.75) is 13.5 Å². The molecule has 0 spiro atoms. The van der Waals surface area contributed by atoms with Crippen LogP contribution in [-0.2, 0) is 6.54 Å². The van der Waals surface area contributed by atoms with Gasteiger partial charge in [0.15, 0.2) is 0 Å². The number of aromatic nitrogens is 1. The van der Waals surface area contributed by atoms with Crippen molar-refractivity contribution in [1.82, 2.24) is 4.98 Å². The summed E-state index contributed by atoms with van der Waals surface area (Å²) in [6, 6.07) is 5.52. The number of hydrogen-bond acceptors (Lipinski definition) is 3. The quantitative estimate of drug-likeness (QED) is 0.690. The number of nitrogens with one attached hydrogen (secondary N) is 1.